The molecule has 1 aromatic carbocycles. The maximum Gasteiger partial charge on any atom is 0.417 e. The van der Waals surface area contributed by atoms with Crippen LogP contribution in [0.3, 0.4) is 0 Å². The molecule has 1 aromatic heterocycles. The monoisotopic (exact) mass is 379 g/mol. The van der Waals surface area contributed by atoms with Crippen molar-refractivity contribution in [1.82, 2.24) is 14.7 Å². The SMILES string of the molecule is CC(=O)N1C(=O)O[C@@]23CCCC4=Cc5c(cnn5-c5ccc(F)cc5)C[C@@]42C13. The fourth-order valence-electron chi connectivity index (χ4n) is 5.86. The third-order valence-electron chi connectivity index (χ3n) is 6.95. The quantitative estimate of drug-likeness (QED) is 0.763. The fraction of sp³-hybridized carbons (Fsp3) is 0.381. The minimum absolute atomic E-state index is 0.221. The normalized spacial score (nSPS) is 31.9. The minimum Gasteiger partial charge on any atom is -0.439 e. The summed E-state index contributed by atoms with van der Waals surface area (Å²) in [7, 11) is 0. The number of benzene rings is 1. The molecule has 3 atom stereocenters. The number of carbonyl (C=O) groups excluding carboxylic acids is 2. The lowest BCUT2D eigenvalue weighted by Crippen LogP contribution is -2.41. The van der Waals surface area contributed by atoms with Gasteiger partial charge in [-0.3, -0.25) is 4.79 Å². The van der Waals surface area contributed by atoms with Crippen molar-refractivity contribution in [3.8, 4) is 5.69 Å². The van der Waals surface area contributed by atoms with Crippen LogP contribution in [0.5, 0.6) is 0 Å². The van der Waals surface area contributed by atoms with E-state index in [2.05, 4.69) is 11.2 Å². The van der Waals surface area contributed by atoms with Crippen LogP contribution in [-0.2, 0) is 16.0 Å². The highest BCUT2D eigenvalue weighted by Gasteiger charge is 2.88. The fourth-order valence-corrected chi connectivity index (χ4v) is 5.86. The lowest BCUT2D eigenvalue weighted by Gasteiger charge is -2.35. The van der Waals surface area contributed by atoms with Gasteiger partial charge in [-0.25, -0.2) is 18.8 Å². The van der Waals surface area contributed by atoms with Crippen LogP contribution in [0.1, 0.15) is 37.4 Å². The largest absolute Gasteiger partial charge is 0.439 e. The molecule has 28 heavy (non-hydrogen) atoms. The van der Waals surface area contributed by atoms with Crippen molar-refractivity contribution in [2.24, 2.45) is 5.41 Å². The van der Waals surface area contributed by atoms with Gasteiger partial charge in [-0.1, -0.05) is 5.57 Å². The van der Waals surface area contributed by atoms with Crippen molar-refractivity contribution in [3.05, 3.63) is 53.1 Å². The standard InChI is InChI=1S/C21H18FN3O3/c1-12(26)24-18-20-10-13-11-23-25(16-6-4-15(22)5-7-16)17(13)9-14(20)3-2-8-21(18,20)28-19(24)27/h4-7,9,11,18H,2-3,8,10H2,1H3/t18?,20-,21+/m0/s1. The molecule has 6 nitrogen and oxygen atoms in total. The van der Waals surface area contributed by atoms with Crippen molar-refractivity contribution in [2.45, 2.75) is 44.2 Å². The number of hydrogen-bond donors (Lipinski definition) is 0. The van der Waals surface area contributed by atoms with E-state index in [0.717, 1.165) is 36.2 Å². The van der Waals surface area contributed by atoms with E-state index in [-0.39, 0.29) is 23.2 Å². The zero-order valence-corrected chi connectivity index (χ0v) is 15.3. The van der Waals surface area contributed by atoms with Crippen LogP contribution in [0.2, 0.25) is 0 Å². The molecule has 4 aliphatic rings. The van der Waals surface area contributed by atoms with Gasteiger partial charge in [0.1, 0.15) is 11.4 Å². The number of amides is 2. The summed E-state index contributed by atoms with van der Waals surface area (Å²) in [6.45, 7) is 1.42. The molecule has 2 saturated carbocycles. The van der Waals surface area contributed by atoms with Crippen LogP contribution < -0.4 is 0 Å². The van der Waals surface area contributed by atoms with Gasteiger partial charge in [0.05, 0.1) is 29.0 Å². The van der Waals surface area contributed by atoms with Crippen LogP contribution in [0.25, 0.3) is 11.8 Å². The third-order valence-corrected chi connectivity index (χ3v) is 6.95. The summed E-state index contributed by atoms with van der Waals surface area (Å²) < 4.78 is 21.0. The highest BCUT2D eigenvalue weighted by atomic mass is 19.1. The Kier molecular flexibility index (Phi) is 2.81. The first-order chi connectivity index (χ1) is 13.5. The van der Waals surface area contributed by atoms with Crippen LogP contribution in [0.15, 0.2) is 36.0 Å². The number of nitrogens with zero attached hydrogens (tertiary/aromatic N) is 3. The molecule has 0 radical (unpaired) electrons. The van der Waals surface area contributed by atoms with Gasteiger partial charge in [-0.15, -0.1) is 0 Å². The second kappa shape index (κ2) is 4.90. The topological polar surface area (TPSA) is 64.4 Å². The van der Waals surface area contributed by atoms with Gasteiger partial charge in [-0.05, 0) is 61.6 Å². The van der Waals surface area contributed by atoms with Crippen LogP contribution in [-0.4, -0.2) is 38.3 Å². The molecule has 1 saturated heterocycles. The smallest absolute Gasteiger partial charge is 0.417 e. The van der Waals surface area contributed by atoms with E-state index in [4.69, 9.17) is 4.74 Å². The van der Waals surface area contributed by atoms with Gasteiger partial charge in [0.2, 0.25) is 5.91 Å². The summed E-state index contributed by atoms with van der Waals surface area (Å²) in [6.07, 6.45) is 6.76. The highest BCUT2D eigenvalue weighted by molar-refractivity contribution is 5.96. The Labute approximate surface area is 160 Å². The molecule has 1 unspecified atom stereocenters. The van der Waals surface area contributed by atoms with Crippen molar-refractivity contribution in [2.75, 3.05) is 0 Å². The third kappa shape index (κ3) is 1.66. The summed E-state index contributed by atoms with van der Waals surface area (Å²) in [5, 5.41) is 4.53. The summed E-state index contributed by atoms with van der Waals surface area (Å²) in [4.78, 5) is 25.7. The first-order valence-electron chi connectivity index (χ1n) is 9.55. The maximum atomic E-state index is 13.3. The highest BCUT2D eigenvalue weighted by Crippen LogP contribution is 2.75. The predicted octanol–water partition coefficient (Wildman–Crippen LogP) is 3.24. The van der Waals surface area contributed by atoms with Gasteiger partial charge in [-0.2, -0.15) is 5.10 Å². The predicted molar refractivity (Wildman–Crippen MR) is 97.0 cm³/mol. The Bertz CT molecular complexity index is 1090. The molecule has 3 fully saturated rings. The number of ether oxygens (including phenoxy) is 1. The zero-order valence-electron chi connectivity index (χ0n) is 15.3. The van der Waals surface area contributed by atoms with E-state index >= 15 is 0 Å². The summed E-state index contributed by atoms with van der Waals surface area (Å²) >= 11 is 0. The molecule has 6 rings (SSSR count). The lowest BCUT2D eigenvalue weighted by atomic mass is 9.74. The number of imide groups is 1. The van der Waals surface area contributed by atoms with Crippen LogP contribution in [0, 0.1) is 11.2 Å². The van der Waals surface area contributed by atoms with E-state index in [1.165, 1.54) is 29.5 Å². The molecule has 0 bridgehead atoms. The van der Waals surface area contributed by atoms with Gasteiger partial charge in [0.25, 0.3) is 0 Å². The molecule has 1 aliphatic heterocycles. The molecule has 142 valence electrons. The second-order valence-electron chi connectivity index (χ2n) is 8.16. The van der Waals surface area contributed by atoms with Gasteiger partial charge in [0, 0.05) is 6.92 Å². The maximum absolute atomic E-state index is 13.3. The van der Waals surface area contributed by atoms with Gasteiger partial charge >= 0.3 is 6.09 Å². The van der Waals surface area contributed by atoms with E-state index in [0.29, 0.717) is 6.42 Å². The Morgan fingerprint density at radius 2 is 2.11 bits per heavy atom. The summed E-state index contributed by atoms with van der Waals surface area (Å²) in [5.74, 6) is -0.545. The summed E-state index contributed by atoms with van der Waals surface area (Å²) in [5.41, 5.74) is 3.15. The lowest BCUT2D eigenvalue weighted by molar-refractivity contribution is -0.126. The first-order valence-corrected chi connectivity index (χ1v) is 9.55. The number of aromatic nitrogens is 2. The van der Waals surface area contributed by atoms with Crippen molar-refractivity contribution >= 4 is 18.1 Å². The summed E-state index contributed by atoms with van der Waals surface area (Å²) in [6, 6.07) is 6.04. The molecule has 0 N–H and O–H groups in total. The van der Waals surface area contributed by atoms with E-state index < -0.39 is 11.7 Å². The molecular weight excluding hydrogens is 361 g/mol. The number of halogens is 1. The average Bonchev–Trinajstić information content (AvgIpc) is 2.93. The van der Waals surface area contributed by atoms with E-state index in [1.807, 2.05) is 10.9 Å². The van der Waals surface area contributed by atoms with Crippen molar-refractivity contribution < 1.29 is 18.7 Å². The van der Waals surface area contributed by atoms with Crippen LogP contribution in [0.4, 0.5) is 9.18 Å². The number of fused-ring (bicyclic) bond motifs is 1. The molecule has 2 heterocycles. The first kappa shape index (κ1) is 16.0. The molecule has 3 aliphatic carbocycles. The molecule has 2 spiro atoms. The Balaban J connectivity index is 1.46. The van der Waals surface area contributed by atoms with Gasteiger partial charge < -0.3 is 4.74 Å². The number of hydrogen-bond acceptors (Lipinski definition) is 4. The molecule has 2 amide bonds. The Hall–Kier alpha value is -2.96. The Morgan fingerprint density at radius 3 is 2.86 bits per heavy atom. The van der Waals surface area contributed by atoms with E-state index in [1.54, 1.807) is 12.1 Å². The van der Waals surface area contributed by atoms with Crippen molar-refractivity contribution in [3.63, 3.8) is 0 Å². The van der Waals surface area contributed by atoms with Gasteiger partial charge in [0.15, 0.2) is 0 Å². The van der Waals surface area contributed by atoms with Crippen LogP contribution >= 0.6 is 0 Å². The molecular formula is C21H18FN3O3. The van der Waals surface area contributed by atoms with E-state index in [9.17, 15) is 14.0 Å². The average molecular weight is 379 g/mol. The molecule has 2 aromatic rings. The van der Waals surface area contributed by atoms with Crippen molar-refractivity contribution in [1.29, 1.82) is 0 Å². The zero-order chi connectivity index (χ0) is 19.3. The second-order valence-corrected chi connectivity index (χ2v) is 8.16. The minimum atomic E-state index is -0.588. The Morgan fingerprint density at radius 1 is 1.32 bits per heavy atom. The molecule has 7 heteroatoms. The number of rotatable bonds is 1. The number of carbonyl (C=O) groups is 2.